The molecule has 103 heavy (non-hydrogen) atoms. The van der Waals surface area contributed by atoms with Crippen LogP contribution in [0.5, 0.6) is 0 Å². The highest BCUT2D eigenvalue weighted by Gasteiger charge is 2.46. The van der Waals surface area contributed by atoms with Crippen molar-refractivity contribution in [3.8, 4) is 0 Å². The molecule has 2 aliphatic heterocycles. The van der Waals surface area contributed by atoms with E-state index in [-0.39, 0.29) is 74.8 Å². The fourth-order valence-electron chi connectivity index (χ4n) is 14.9. The lowest BCUT2D eigenvalue weighted by Crippen LogP contribution is -2.63. The molecule has 0 bridgehead atoms. The van der Waals surface area contributed by atoms with Gasteiger partial charge in [-0.2, -0.15) is 0 Å². The highest BCUT2D eigenvalue weighted by molar-refractivity contribution is 6.00. The van der Waals surface area contributed by atoms with Crippen LogP contribution in [0.25, 0.3) is 0 Å². The number of nitrogens with zero attached hydrogens (tertiary/aromatic N) is 8. The normalized spacial score (nSPS) is 27.4. The maximum absolute atomic E-state index is 15.7. The van der Waals surface area contributed by atoms with Crippen molar-refractivity contribution in [1.82, 2.24) is 60.5 Å². The smallest absolute Gasteiger partial charge is 0.248 e. The van der Waals surface area contributed by atoms with Crippen LogP contribution in [0.15, 0.2) is 0 Å². The summed E-state index contributed by atoms with van der Waals surface area (Å²) in [7, 11) is 8.68. The maximum Gasteiger partial charge on any atom is 0.248 e. The third-order valence-electron chi connectivity index (χ3n) is 21.5. The van der Waals surface area contributed by atoms with Crippen molar-refractivity contribution in [3.63, 3.8) is 0 Å². The Bertz CT molecular complexity index is 2820. The molecule has 2 aliphatic carbocycles. The number of likely N-dealkylation sites (tertiary alicyclic amines) is 1. The molecule has 12 amide bonds. The van der Waals surface area contributed by atoms with Gasteiger partial charge in [-0.3, -0.25) is 57.5 Å². The number of hydrogen-bond donors (Lipinski definition) is 6. The number of likely N-dealkylation sites (N-methyl/N-ethyl adjacent to an activating group) is 6. The third kappa shape index (κ3) is 26.5. The molecule has 0 radical (unpaired) electrons. The van der Waals surface area contributed by atoms with Gasteiger partial charge in [0.2, 0.25) is 70.9 Å². The van der Waals surface area contributed by atoms with Gasteiger partial charge in [-0.1, -0.05) is 133 Å². The van der Waals surface area contributed by atoms with E-state index in [0.717, 1.165) is 75.5 Å². The van der Waals surface area contributed by atoms with Crippen LogP contribution in [0, 0.1) is 35.5 Å². The molecular formula is C76H134N12O15. The Morgan fingerprint density at radius 2 is 1.00 bits per heavy atom. The highest BCUT2D eigenvalue weighted by atomic mass is 16.5. The summed E-state index contributed by atoms with van der Waals surface area (Å²) in [6.07, 6.45) is 10.0. The fourth-order valence-corrected chi connectivity index (χ4v) is 14.9. The second-order valence-electron chi connectivity index (χ2n) is 32.3. The Morgan fingerprint density at radius 3 is 1.51 bits per heavy atom. The van der Waals surface area contributed by atoms with Crippen molar-refractivity contribution in [3.05, 3.63) is 0 Å². The SMILES string of the molecule is CCCN1CC(=O)N(C)[C@@H](CC(C)C)C(=O)N[C@H](C(=O)N2CCCCC2)CC(=O)N(C)[C@@H](C)C(=O)N[C@@H](CC(C)C)C(=O)N(C)[C@@H](CC(C)C)C(=O)N(C)[C@@H](CC2CCCCC2)C(=O)N[C@@H](COCC(C)(C)O)C(=O)N(C)[C@@H](CC2CCCCC2)C(=O)N(C)[C@@H]([C@@H](C)CC)C(=O)N[C@@H]([C@@H](C)O)C1=O. The minimum atomic E-state index is -1.66. The lowest BCUT2D eigenvalue weighted by molar-refractivity contribution is -0.153. The van der Waals surface area contributed by atoms with Crippen LogP contribution in [-0.2, 0) is 62.3 Å². The molecule has 2 saturated carbocycles. The van der Waals surface area contributed by atoms with E-state index in [1.807, 2.05) is 48.5 Å². The zero-order valence-corrected chi connectivity index (χ0v) is 66.2. The first-order valence-corrected chi connectivity index (χ1v) is 38.6. The molecular weight excluding hydrogens is 1320 g/mol. The van der Waals surface area contributed by atoms with E-state index < -0.39 is 168 Å². The van der Waals surface area contributed by atoms with Crippen LogP contribution in [0.2, 0.25) is 0 Å². The average molecular weight is 1460 g/mol. The Labute approximate surface area is 615 Å². The van der Waals surface area contributed by atoms with Gasteiger partial charge in [-0.15, -0.1) is 0 Å². The van der Waals surface area contributed by atoms with Gasteiger partial charge >= 0.3 is 0 Å². The Morgan fingerprint density at radius 1 is 0.524 bits per heavy atom. The quantitative estimate of drug-likeness (QED) is 0.0949. The molecule has 0 spiro atoms. The van der Waals surface area contributed by atoms with Crippen molar-refractivity contribution in [2.24, 2.45) is 35.5 Å². The van der Waals surface area contributed by atoms with E-state index in [1.54, 1.807) is 18.7 Å². The second-order valence-corrected chi connectivity index (χ2v) is 32.3. The van der Waals surface area contributed by atoms with E-state index in [1.165, 1.54) is 99.4 Å². The minimum absolute atomic E-state index is 0.0181. The molecule has 588 valence electrons. The number of aliphatic hydroxyl groups excluding tert-OH is 1. The summed E-state index contributed by atoms with van der Waals surface area (Å²) in [6, 6.07) is -13.3. The number of hydrogen-bond acceptors (Lipinski definition) is 15. The van der Waals surface area contributed by atoms with Crippen molar-refractivity contribution in [2.45, 2.75) is 297 Å². The van der Waals surface area contributed by atoms with Crippen LogP contribution in [0.4, 0.5) is 0 Å². The van der Waals surface area contributed by atoms with Crippen LogP contribution >= 0.6 is 0 Å². The Balaban J connectivity index is 2.01. The zero-order valence-electron chi connectivity index (χ0n) is 66.2. The maximum atomic E-state index is 15.7. The van der Waals surface area contributed by atoms with Crippen molar-refractivity contribution >= 4 is 70.9 Å². The monoisotopic (exact) mass is 1460 g/mol. The average Bonchev–Trinajstić information content (AvgIpc) is 0.812. The summed E-state index contributed by atoms with van der Waals surface area (Å²) in [4.78, 5) is 192. The number of ether oxygens (including phenoxy) is 1. The highest BCUT2D eigenvalue weighted by Crippen LogP contribution is 2.32. The van der Waals surface area contributed by atoms with Gasteiger partial charge in [-0.25, -0.2) is 0 Å². The summed E-state index contributed by atoms with van der Waals surface area (Å²) >= 11 is 0. The summed E-state index contributed by atoms with van der Waals surface area (Å²) in [5.41, 5.74) is -1.38. The predicted octanol–water partition coefficient (Wildman–Crippen LogP) is 4.86. The molecule has 4 fully saturated rings. The number of rotatable bonds is 20. The zero-order chi connectivity index (χ0) is 77.5. The Hall–Kier alpha value is -6.48. The van der Waals surface area contributed by atoms with Crippen molar-refractivity contribution in [1.29, 1.82) is 0 Å². The molecule has 4 rings (SSSR count). The predicted molar refractivity (Wildman–Crippen MR) is 394 cm³/mol. The molecule has 0 aromatic rings. The van der Waals surface area contributed by atoms with Crippen LogP contribution in [-0.4, -0.2) is 274 Å². The number of aliphatic hydroxyl groups is 2. The largest absolute Gasteiger partial charge is 0.391 e. The fraction of sp³-hybridized carbons (Fsp3) is 0.842. The summed E-state index contributed by atoms with van der Waals surface area (Å²) in [5.74, 6) is -9.51. The number of piperidine rings is 1. The van der Waals surface area contributed by atoms with Crippen LogP contribution in [0.1, 0.15) is 225 Å². The number of amides is 12. The van der Waals surface area contributed by atoms with Gasteiger partial charge in [0.15, 0.2) is 0 Å². The van der Waals surface area contributed by atoms with Gasteiger partial charge in [0.25, 0.3) is 0 Å². The molecule has 0 unspecified atom stereocenters. The minimum Gasteiger partial charge on any atom is -0.391 e. The summed E-state index contributed by atoms with van der Waals surface area (Å²) in [5, 5.41) is 33.8. The topological polar surface area (TPSA) is 329 Å². The first-order chi connectivity index (χ1) is 48.3. The molecule has 12 atom stereocenters. The molecule has 27 heteroatoms. The lowest BCUT2D eigenvalue weighted by Gasteiger charge is -2.40. The molecule has 2 heterocycles. The van der Waals surface area contributed by atoms with E-state index in [2.05, 4.69) is 21.3 Å². The van der Waals surface area contributed by atoms with E-state index >= 15 is 28.8 Å². The van der Waals surface area contributed by atoms with Crippen LogP contribution < -0.4 is 21.3 Å². The summed E-state index contributed by atoms with van der Waals surface area (Å²) < 4.78 is 6.06. The Kier molecular flexibility index (Phi) is 36.3. The van der Waals surface area contributed by atoms with Gasteiger partial charge in [0.05, 0.1) is 37.9 Å². The van der Waals surface area contributed by atoms with E-state index in [0.29, 0.717) is 38.8 Å². The molecule has 27 nitrogen and oxygen atoms in total. The van der Waals surface area contributed by atoms with Crippen molar-refractivity contribution in [2.75, 3.05) is 81.7 Å². The van der Waals surface area contributed by atoms with E-state index in [9.17, 15) is 39.0 Å². The number of carbonyl (C=O) groups is 12. The second kappa shape index (κ2) is 42.0. The van der Waals surface area contributed by atoms with Crippen LogP contribution in [0.3, 0.4) is 0 Å². The lowest BCUT2D eigenvalue weighted by atomic mass is 9.83. The summed E-state index contributed by atoms with van der Waals surface area (Å²) in [6.45, 7) is 21.8. The van der Waals surface area contributed by atoms with Gasteiger partial charge in [0.1, 0.15) is 60.4 Å². The molecule has 6 N–H and O–H groups in total. The van der Waals surface area contributed by atoms with Gasteiger partial charge in [0, 0.05) is 61.9 Å². The third-order valence-corrected chi connectivity index (χ3v) is 21.5. The van der Waals surface area contributed by atoms with E-state index in [4.69, 9.17) is 4.74 Å². The first kappa shape index (κ1) is 88.9. The molecule has 2 saturated heterocycles. The number of carbonyl (C=O) groups excluding carboxylic acids is 12. The first-order valence-electron chi connectivity index (χ1n) is 38.6. The molecule has 0 aromatic carbocycles. The van der Waals surface area contributed by atoms with Crippen molar-refractivity contribution < 1.29 is 72.5 Å². The van der Waals surface area contributed by atoms with Gasteiger partial charge in [-0.05, 0) is 121 Å². The molecule has 4 aliphatic rings. The molecule has 0 aromatic heterocycles. The van der Waals surface area contributed by atoms with Gasteiger partial charge < -0.3 is 75.4 Å². The standard InChI is InChI=1S/C76H134N12O15/c1-20-35-88-44-63(91)82(15)58(39-48(5)6)67(93)78-56(72(98)87-36-29-24-30-37-87)43-62(90)81(14)51(10)66(92)77-55(38-47(3)4)70(96)84(17)60(40-49(7)8)73(99)83(16)59(41-53-31-25-22-26-32-53)68(94)79-57(45-103-46-76(12,13)102)71(97)85(18)61(42-54-33-27-23-28-34-54)74(100)86(19)65(50(9)21-2)69(95)80-64(52(11)89)75(88)101/h47-61,64-65,89,102H,20-46H2,1-19H3,(H,77,92)(H,78,93)(H,79,94)(H,80,95)/t50-,51-,52+,55-,56-,57-,58-,59-,60-,61-,64-,65-/m0/s1. The number of nitrogens with one attached hydrogen (secondary N) is 4.